The number of carbonyl (C=O) groups is 1. The molecule has 1 aliphatic rings. The van der Waals surface area contributed by atoms with Crippen molar-refractivity contribution in [1.82, 2.24) is 15.2 Å². The smallest absolute Gasteiger partial charge is 0.289 e. The molecule has 2 heterocycles. The topological polar surface area (TPSA) is 79.9 Å². The molecule has 1 fully saturated rings. The summed E-state index contributed by atoms with van der Waals surface area (Å²) in [5, 5.41) is 5.76. The fourth-order valence-electron chi connectivity index (χ4n) is 1.55. The molecular formula is C8H3F9N4O2. The van der Waals surface area contributed by atoms with E-state index in [0.29, 0.717) is 6.33 Å². The van der Waals surface area contributed by atoms with Crippen LogP contribution in [0.3, 0.4) is 0 Å². The molecule has 0 bridgehead atoms. The number of aromatic amines is 1. The predicted molar refractivity (Wildman–Crippen MR) is 49.7 cm³/mol. The van der Waals surface area contributed by atoms with E-state index in [1.165, 1.54) is 0 Å². The normalized spacial score (nSPS) is 28.6. The van der Waals surface area contributed by atoms with Crippen molar-refractivity contribution in [2.75, 3.05) is 5.32 Å². The van der Waals surface area contributed by atoms with Gasteiger partial charge in [0.1, 0.15) is 6.33 Å². The van der Waals surface area contributed by atoms with Crippen LogP contribution in [-0.4, -0.2) is 50.8 Å². The lowest BCUT2D eigenvalue weighted by Crippen LogP contribution is -2.63. The molecule has 1 unspecified atom stereocenters. The number of halogens is 9. The number of nitrogens with one attached hydrogen (secondary N) is 2. The zero-order valence-corrected chi connectivity index (χ0v) is 10.2. The Bertz CT molecular complexity index is 619. The maximum Gasteiger partial charge on any atom is 0.428 e. The molecule has 15 heteroatoms. The van der Waals surface area contributed by atoms with Crippen molar-refractivity contribution in [1.29, 1.82) is 0 Å². The van der Waals surface area contributed by atoms with Gasteiger partial charge in [-0.1, -0.05) is 0 Å². The fraction of sp³-hybridized carbons (Fsp3) is 0.625. The van der Waals surface area contributed by atoms with Crippen molar-refractivity contribution >= 4 is 11.9 Å². The second-order valence-electron chi connectivity index (χ2n) is 4.23. The molecule has 1 aromatic rings. The Kier molecular flexibility index (Phi) is 3.37. The molecule has 2 rings (SSSR count). The highest BCUT2D eigenvalue weighted by atomic mass is 19.4. The van der Waals surface area contributed by atoms with E-state index in [1.807, 2.05) is 0 Å². The number of nitrogens with zero attached hydrogens (tertiary/aromatic N) is 2. The molecule has 0 radical (unpaired) electrons. The van der Waals surface area contributed by atoms with Crippen molar-refractivity contribution in [3.05, 3.63) is 6.33 Å². The minimum Gasteiger partial charge on any atom is -0.289 e. The zero-order valence-electron chi connectivity index (χ0n) is 10.2. The largest absolute Gasteiger partial charge is 0.428 e. The van der Waals surface area contributed by atoms with E-state index in [9.17, 15) is 44.3 Å². The van der Waals surface area contributed by atoms with E-state index < -0.39 is 41.6 Å². The Morgan fingerprint density at radius 2 is 1.70 bits per heavy atom. The third-order valence-electron chi connectivity index (χ3n) is 2.77. The van der Waals surface area contributed by atoms with E-state index >= 15 is 0 Å². The number of hydrogen-bond acceptors (Lipinski definition) is 4. The van der Waals surface area contributed by atoms with Crippen molar-refractivity contribution in [2.45, 2.75) is 29.7 Å². The van der Waals surface area contributed by atoms with Crippen LogP contribution in [-0.2, 0) is 9.53 Å². The highest BCUT2D eigenvalue weighted by molar-refractivity contribution is 5.95. The van der Waals surface area contributed by atoms with E-state index in [0.717, 1.165) is 5.32 Å². The molecule has 130 valence electrons. The van der Waals surface area contributed by atoms with Crippen molar-refractivity contribution in [3.63, 3.8) is 0 Å². The van der Waals surface area contributed by atoms with Crippen LogP contribution < -0.4 is 5.32 Å². The fourth-order valence-corrected chi connectivity index (χ4v) is 1.55. The number of rotatable bonds is 3. The summed E-state index contributed by atoms with van der Waals surface area (Å²) in [6, 6.07) is 0. The van der Waals surface area contributed by atoms with E-state index in [1.54, 1.807) is 5.10 Å². The Hall–Kier alpha value is -2.06. The Balaban J connectivity index is 2.43. The standard InChI is InChI=1S/C8H3F9N4O2/c9-4(10,2(22)20-3-18-1-19-21-3)7(15)5(11,12)6(13,14)8(16,17)23-7/h1H,(H2,18,19,20,21,22). The molecule has 1 amide bonds. The highest BCUT2D eigenvalue weighted by Crippen LogP contribution is 2.64. The molecule has 6 nitrogen and oxygen atoms in total. The number of ether oxygens (including phenoxy) is 1. The third kappa shape index (κ3) is 1.98. The van der Waals surface area contributed by atoms with Gasteiger partial charge in [-0.2, -0.15) is 49.6 Å². The van der Waals surface area contributed by atoms with Crippen LogP contribution in [0.25, 0.3) is 0 Å². The Morgan fingerprint density at radius 3 is 2.09 bits per heavy atom. The lowest BCUT2D eigenvalue weighted by molar-refractivity contribution is -0.366. The lowest BCUT2D eigenvalue weighted by atomic mass is 9.99. The number of hydrogen-bond donors (Lipinski definition) is 2. The van der Waals surface area contributed by atoms with Crippen LogP contribution in [0.5, 0.6) is 0 Å². The van der Waals surface area contributed by atoms with Gasteiger partial charge in [0.2, 0.25) is 5.95 Å². The minimum atomic E-state index is -6.73. The van der Waals surface area contributed by atoms with Gasteiger partial charge in [-0.25, -0.2) is 5.10 Å². The molecule has 0 spiro atoms. The van der Waals surface area contributed by atoms with Gasteiger partial charge in [-0.15, -0.1) is 0 Å². The van der Waals surface area contributed by atoms with Gasteiger partial charge in [0.25, 0.3) is 0 Å². The number of H-pyrrole nitrogens is 1. The summed E-state index contributed by atoms with van der Waals surface area (Å²) in [4.78, 5) is 14.2. The van der Waals surface area contributed by atoms with Gasteiger partial charge in [-0.05, 0) is 0 Å². The van der Waals surface area contributed by atoms with Gasteiger partial charge in [0.15, 0.2) is 0 Å². The summed E-state index contributed by atoms with van der Waals surface area (Å²) in [6.45, 7) is 0. The minimum absolute atomic E-state index is 0.641. The predicted octanol–water partition coefficient (Wildman–Crippen LogP) is 1.94. The average Bonchev–Trinajstić information content (AvgIpc) is 2.92. The van der Waals surface area contributed by atoms with Crippen LogP contribution in [0.1, 0.15) is 0 Å². The first-order chi connectivity index (χ1) is 10.2. The van der Waals surface area contributed by atoms with Crippen LogP contribution in [0.15, 0.2) is 6.33 Å². The number of amides is 1. The first-order valence-electron chi connectivity index (χ1n) is 5.28. The Morgan fingerprint density at radius 1 is 1.13 bits per heavy atom. The van der Waals surface area contributed by atoms with Crippen molar-refractivity contribution in [2.24, 2.45) is 0 Å². The lowest BCUT2D eigenvalue weighted by Gasteiger charge is -2.31. The first kappa shape index (κ1) is 17.3. The van der Waals surface area contributed by atoms with Crippen molar-refractivity contribution < 1.29 is 49.0 Å². The van der Waals surface area contributed by atoms with Gasteiger partial charge < -0.3 is 0 Å². The van der Waals surface area contributed by atoms with Gasteiger partial charge in [0, 0.05) is 0 Å². The van der Waals surface area contributed by atoms with Crippen LogP contribution >= 0.6 is 0 Å². The molecule has 0 saturated carbocycles. The molecule has 1 aliphatic heterocycles. The number of anilines is 1. The van der Waals surface area contributed by atoms with Crippen LogP contribution in [0.2, 0.25) is 0 Å². The summed E-state index contributed by atoms with van der Waals surface area (Å²) in [5.41, 5.74) is 0. The summed E-state index contributed by atoms with van der Waals surface area (Å²) < 4.78 is 121. The van der Waals surface area contributed by atoms with Crippen LogP contribution in [0, 0.1) is 0 Å². The van der Waals surface area contributed by atoms with Gasteiger partial charge >= 0.3 is 35.6 Å². The number of alkyl halides is 9. The second kappa shape index (κ2) is 4.48. The second-order valence-corrected chi connectivity index (χ2v) is 4.23. The third-order valence-corrected chi connectivity index (χ3v) is 2.77. The molecule has 1 aromatic heterocycles. The number of aromatic nitrogens is 3. The van der Waals surface area contributed by atoms with E-state index in [4.69, 9.17) is 0 Å². The van der Waals surface area contributed by atoms with Gasteiger partial charge in [-0.3, -0.25) is 14.8 Å². The molecule has 0 aromatic carbocycles. The summed E-state index contributed by atoms with van der Waals surface area (Å²) >= 11 is 0. The number of carbonyl (C=O) groups excluding carboxylic acids is 1. The monoisotopic (exact) mass is 358 g/mol. The first-order valence-corrected chi connectivity index (χ1v) is 5.28. The van der Waals surface area contributed by atoms with E-state index in [2.05, 4.69) is 14.8 Å². The van der Waals surface area contributed by atoms with Crippen LogP contribution in [0.4, 0.5) is 45.5 Å². The maximum atomic E-state index is 13.7. The highest BCUT2D eigenvalue weighted by Gasteiger charge is 2.96. The summed E-state index contributed by atoms with van der Waals surface area (Å²) in [5.74, 6) is -29.7. The van der Waals surface area contributed by atoms with Crippen molar-refractivity contribution in [3.8, 4) is 0 Å². The maximum absolute atomic E-state index is 13.7. The Labute approximate surface area is 119 Å². The SMILES string of the molecule is O=C(Nc1ncn[nH]1)C(F)(F)C1(F)OC(F)(F)C(F)(F)C1(F)F. The van der Waals surface area contributed by atoms with E-state index in [-0.39, 0.29) is 0 Å². The molecule has 0 aliphatic carbocycles. The van der Waals surface area contributed by atoms with Gasteiger partial charge in [0.05, 0.1) is 0 Å². The molecule has 1 atom stereocenters. The quantitative estimate of drug-likeness (QED) is 0.810. The molecule has 2 N–H and O–H groups in total. The summed E-state index contributed by atoms with van der Waals surface area (Å²) in [6.07, 6.45) is -5.65. The average molecular weight is 358 g/mol. The zero-order chi connectivity index (χ0) is 17.9. The summed E-state index contributed by atoms with van der Waals surface area (Å²) in [7, 11) is 0. The molecular weight excluding hydrogens is 355 g/mol. The molecule has 1 saturated heterocycles. The molecule has 23 heavy (non-hydrogen) atoms.